The number of hydrogen-bond donors (Lipinski definition) is 2. The van der Waals surface area contributed by atoms with Gasteiger partial charge in [0.2, 0.25) is 0 Å². The fraction of sp³-hybridized carbons (Fsp3) is 0.133. The van der Waals surface area contributed by atoms with Gasteiger partial charge < -0.3 is 19.6 Å². The van der Waals surface area contributed by atoms with Crippen molar-refractivity contribution < 1.29 is 19.4 Å². The summed E-state index contributed by atoms with van der Waals surface area (Å²) in [6, 6.07) is 10.1. The molecule has 22 heavy (non-hydrogen) atoms. The zero-order chi connectivity index (χ0) is 15.9. The monoisotopic (exact) mass is 300 g/mol. The molecule has 7 heteroatoms. The largest absolute Gasteiger partial charge is 0.546 e. The van der Waals surface area contributed by atoms with Gasteiger partial charge in [-0.25, -0.2) is 5.43 Å². The standard InChI is InChI=1S/C15H15N3O4/c1-10(17-18-15(21)13-6-3-7-16-13)11-4-2-5-12(8-11)22-9-14(19)20/h2-8,16H,9H2,1H3,(H,18,21)(H,19,20)/p-1/b17-10-. The van der Waals surface area contributed by atoms with Crippen LogP contribution >= 0.6 is 0 Å². The maximum atomic E-state index is 11.7. The molecule has 0 atom stereocenters. The third kappa shape index (κ3) is 4.20. The molecule has 0 fully saturated rings. The van der Waals surface area contributed by atoms with E-state index in [-0.39, 0.29) is 5.91 Å². The number of nitrogens with one attached hydrogen (secondary N) is 2. The zero-order valence-electron chi connectivity index (χ0n) is 11.8. The average Bonchev–Trinajstić information content (AvgIpc) is 3.05. The van der Waals surface area contributed by atoms with E-state index in [4.69, 9.17) is 4.74 Å². The van der Waals surface area contributed by atoms with Gasteiger partial charge in [-0.1, -0.05) is 12.1 Å². The Bertz CT molecular complexity index is 693. The van der Waals surface area contributed by atoms with Crippen molar-refractivity contribution in [2.45, 2.75) is 6.92 Å². The summed E-state index contributed by atoms with van der Waals surface area (Å²) in [6.07, 6.45) is 1.64. The molecule has 1 amide bonds. The van der Waals surface area contributed by atoms with Crippen LogP contribution in [0.4, 0.5) is 0 Å². The summed E-state index contributed by atoms with van der Waals surface area (Å²) in [6.45, 7) is 1.19. The van der Waals surface area contributed by atoms with Crippen LogP contribution in [0.25, 0.3) is 0 Å². The number of carboxylic acids is 1. The van der Waals surface area contributed by atoms with Crippen molar-refractivity contribution in [1.29, 1.82) is 0 Å². The quantitative estimate of drug-likeness (QED) is 0.591. The van der Waals surface area contributed by atoms with E-state index in [1.54, 1.807) is 49.5 Å². The van der Waals surface area contributed by atoms with Gasteiger partial charge in [0.05, 0.1) is 11.7 Å². The smallest absolute Gasteiger partial charge is 0.287 e. The summed E-state index contributed by atoms with van der Waals surface area (Å²) in [4.78, 5) is 24.9. The first-order valence-corrected chi connectivity index (χ1v) is 6.47. The third-order valence-electron chi connectivity index (χ3n) is 2.78. The van der Waals surface area contributed by atoms with Crippen LogP contribution in [0.2, 0.25) is 0 Å². The van der Waals surface area contributed by atoms with Crippen LogP contribution in [-0.2, 0) is 4.79 Å². The number of carboxylic acid groups (broad SMARTS) is 1. The molecule has 0 aliphatic heterocycles. The van der Waals surface area contributed by atoms with Crippen LogP contribution in [0.5, 0.6) is 5.75 Å². The fourth-order valence-electron chi connectivity index (χ4n) is 1.68. The predicted molar refractivity (Wildman–Crippen MR) is 77.4 cm³/mol. The molecule has 0 aliphatic carbocycles. The van der Waals surface area contributed by atoms with Crippen molar-refractivity contribution in [3.05, 3.63) is 53.9 Å². The third-order valence-corrected chi connectivity index (χ3v) is 2.78. The molecule has 0 aliphatic rings. The first kappa shape index (κ1) is 15.3. The van der Waals surface area contributed by atoms with Gasteiger partial charge in [0.25, 0.3) is 5.91 Å². The average molecular weight is 300 g/mol. The Labute approximate surface area is 126 Å². The van der Waals surface area contributed by atoms with Crippen LogP contribution in [0.3, 0.4) is 0 Å². The Morgan fingerprint density at radius 1 is 1.32 bits per heavy atom. The molecule has 0 spiro atoms. The van der Waals surface area contributed by atoms with Crippen molar-refractivity contribution in [2.24, 2.45) is 5.10 Å². The molecule has 1 aromatic heterocycles. The van der Waals surface area contributed by atoms with Crippen molar-refractivity contribution in [3.8, 4) is 5.75 Å². The van der Waals surface area contributed by atoms with E-state index >= 15 is 0 Å². The highest BCUT2D eigenvalue weighted by Gasteiger charge is 2.05. The number of carbonyl (C=O) groups is 2. The van der Waals surface area contributed by atoms with E-state index in [0.29, 0.717) is 22.7 Å². The van der Waals surface area contributed by atoms with Gasteiger partial charge in [-0.15, -0.1) is 0 Å². The van der Waals surface area contributed by atoms with Crippen molar-refractivity contribution in [2.75, 3.05) is 6.61 Å². The topological polar surface area (TPSA) is 107 Å². The zero-order valence-corrected chi connectivity index (χ0v) is 11.8. The van der Waals surface area contributed by atoms with E-state index in [2.05, 4.69) is 15.5 Å². The molecule has 114 valence electrons. The molecule has 2 rings (SSSR count). The summed E-state index contributed by atoms with van der Waals surface area (Å²) < 4.78 is 5.03. The summed E-state index contributed by atoms with van der Waals surface area (Å²) >= 11 is 0. The van der Waals surface area contributed by atoms with E-state index in [9.17, 15) is 14.7 Å². The summed E-state index contributed by atoms with van der Waals surface area (Å²) in [5.41, 5.74) is 4.08. The summed E-state index contributed by atoms with van der Waals surface area (Å²) in [7, 11) is 0. The molecule has 2 N–H and O–H groups in total. The number of hydrogen-bond acceptors (Lipinski definition) is 5. The van der Waals surface area contributed by atoms with E-state index in [1.807, 2.05) is 0 Å². The molecular weight excluding hydrogens is 286 g/mol. The summed E-state index contributed by atoms with van der Waals surface area (Å²) in [5.74, 6) is -1.27. The van der Waals surface area contributed by atoms with Crippen LogP contribution in [0, 0.1) is 0 Å². The highest BCUT2D eigenvalue weighted by atomic mass is 16.5. The lowest BCUT2D eigenvalue weighted by molar-refractivity contribution is -0.307. The Kier molecular flexibility index (Phi) is 4.92. The lowest BCUT2D eigenvalue weighted by Crippen LogP contribution is -2.28. The number of ether oxygens (including phenoxy) is 1. The SMILES string of the molecule is C/C(=N/NC(=O)c1ccc[nH]1)c1cccc(OCC(=O)[O-])c1. The van der Waals surface area contributed by atoms with Crippen LogP contribution in [-0.4, -0.2) is 29.2 Å². The van der Waals surface area contributed by atoms with E-state index in [1.165, 1.54) is 0 Å². The minimum absolute atomic E-state index is 0.353. The van der Waals surface area contributed by atoms with Gasteiger partial charge in [0.1, 0.15) is 18.1 Å². The number of aliphatic carboxylic acids is 1. The van der Waals surface area contributed by atoms with Gasteiger partial charge >= 0.3 is 0 Å². The second kappa shape index (κ2) is 7.07. The molecule has 0 unspecified atom stereocenters. The first-order chi connectivity index (χ1) is 10.6. The van der Waals surface area contributed by atoms with E-state index < -0.39 is 12.6 Å². The Morgan fingerprint density at radius 3 is 2.82 bits per heavy atom. The second-order valence-electron chi connectivity index (χ2n) is 4.41. The normalized spacial score (nSPS) is 11.0. The molecule has 7 nitrogen and oxygen atoms in total. The van der Waals surface area contributed by atoms with Gasteiger partial charge in [-0.3, -0.25) is 4.79 Å². The minimum atomic E-state index is -1.30. The number of H-pyrrole nitrogens is 1. The van der Waals surface area contributed by atoms with E-state index in [0.717, 1.165) is 0 Å². The highest BCUT2D eigenvalue weighted by molar-refractivity contribution is 6.00. The Hall–Kier alpha value is -3.09. The summed E-state index contributed by atoms with van der Waals surface area (Å²) in [5, 5.41) is 14.4. The number of carbonyl (C=O) groups excluding carboxylic acids is 2. The van der Waals surface area contributed by atoms with Crippen molar-refractivity contribution in [3.63, 3.8) is 0 Å². The molecule has 1 aromatic carbocycles. The molecule has 1 heterocycles. The van der Waals surface area contributed by atoms with Gasteiger partial charge in [0.15, 0.2) is 0 Å². The molecular formula is C15H14N3O4-. The number of amides is 1. The minimum Gasteiger partial charge on any atom is -0.546 e. The maximum Gasteiger partial charge on any atom is 0.287 e. The number of nitrogens with zero attached hydrogens (tertiary/aromatic N) is 1. The van der Waals surface area contributed by atoms with Gasteiger partial charge in [-0.2, -0.15) is 5.10 Å². The molecule has 0 radical (unpaired) electrons. The van der Waals surface area contributed by atoms with Crippen LogP contribution in [0.15, 0.2) is 47.7 Å². The molecule has 0 saturated carbocycles. The Morgan fingerprint density at radius 2 is 2.14 bits per heavy atom. The van der Waals surface area contributed by atoms with Crippen LogP contribution in [0.1, 0.15) is 23.0 Å². The molecule has 2 aromatic rings. The number of rotatable bonds is 6. The van der Waals surface area contributed by atoms with Gasteiger partial charge in [0, 0.05) is 11.8 Å². The second-order valence-corrected chi connectivity index (χ2v) is 4.41. The number of aromatic amines is 1. The number of hydrazone groups is 1. The van der Waals surface area contributed by atoms with Crippen LogP contribution < -0.4 is 15.3 Å². The van der Waals surface area contributed by atoms with Crippen molar-refractivity contribution >= 4 is 17.6 Å². The molecule has 0 saturated heterocycles. The highest BCUT2D eigenvalue weighted by Crippen LogP contribution is 2.13. The lowest BCUT2D eigenvalue weighted by Gasteiger charge is -2.08. The Balaban J connectivity index is 2.03. The first-order valence-electron chi connectivity index (χ1n) is 6.47. The van der Waals surface area contributed by atoms with Gasteiger partial charge in [-0.05, 0) is 31.2 Å². The molecule has 0 bridgehead atoms. The lowest BCUT2D eigenvalue weighted by atomic mass is 10.1. The maximum absolute atomic E-state index is 11.7. The fourth-order valence-corrected chi connectivity index (χ4v) is 1.68. The number of benzene rings is 1. The predicted octanol–water partition coefficient (Wildman–Crippen LogP) is 0.297. The number of aromatic nitrogens is 1. The van der Waals surface area contributed by atoms with Crippen molar-refractivity contribution in [1.82, 2.24) is 10.4 Å².